The smallest absolute Gasteiger partial charge is 0.257 e. The van der Waals surface area contributed by atoms with E-state index < -0.39 is 0 Å². The summed E-state index contributed by atoms with van der Waals surface area (Å²) < 4.78 is 11.0. The summed E-state index contributed by atoms with van der Waals surface area (Å²) in [5, 5.41) is 12.1. The number of piperazine rings is 1. The number of nitrogens with one attached hydrogen (secondary N) is 1. The maximum Gasteiger partial charge on any atom is 0.257 e. The predicted octanol–water partition coefficient (Wildman–Crippen LogP) is -0.263. The molecular formula is C13H21N3O3. The standard InChI is InChI=1S/C13H21N3O3/c17-9-11-18-12-2-1-3-15-13(12)19-10-8-16-6-4-14-5-7-16/h1-3,14,17H,4-11H2. The lowest BCUT2D eigenvalue weighted by Crippen LogP contribution is -2.44. The van der Waals surface area contributed by atoms with Gasteiger partial charge in [0, 0.05) is 38.9 Å². The molecule has 0 unspecified atom stereocenters. The molecule has 0 aromatic carbocycles. The Bertz CT molecular complexity index is 370. The maximum atomic E-state index is 8.77. The molecule has 6 nitrogen and oxygen atoms in total. The van der Waals surface area contributed by atoms with Gasteiger partial charge in [-0.25, -0.2) is 4.98 Å². The summed E-state index contributed by atoms with van der Waals surface area (Å²) in [5.41, 5.74) is 0. The van der Waals surface area contributed by atoms with Crippen molar-refractivity contribution in [2.45, 2.75) is 0 Å². The van der Waals surface area contributed by atoms with Crippen molar-refractivity contribution in [2.75, 3.05) is 52.5 Å². The quantitative estimate of drug-likeness (QED) is 0.709. The van der Waals surface area contributed by atoms with Gasteiger partial charge in [-0.1, -0.05) is 0 Å². The number of nitrogens with zero attached hydrogens (tertiary/aromatic N) is 2. The van der Waals surface area contributed by atoms with Gasteiger partial charge in [0.15, 0.2) is 5.75 Å². The molecule has 0 spiro atoms. The molecular weight excluding hydrogens is 246 g/mol. The highest BCUT2D eigenvalue weighted by atomic mass is 16.5. The minimum absolute atomic E-state index is 0.0187. The predicted molar refractivity (Wildman–Crippen MR) is 71.6 cm³/mol. The lowest BCUT2D eigenvalue weighted by molar-refractivity contribution is 0.172. The molecule has 1 saturated heterocycles. The first-order chi connectivity index (χ1) is 9.40. The van der Waals surface area contributed by atoms with Gasteiger partial charge < -0.3 is 19.9 Å². The van der Waals surface area contributed by atoms with E-state index in [2.05, 4.69) is 15.2 Å². The SMILES string of the molecule is OCCOc1cccnc1OCCN1CCNCC1. The second-order valence-electron chi connectivity index (χ2n) is 4.32. The number of hydrogen-bond acceptors (Lipinski definition) is 6. The van der Waals surface area contributed by atoms with Crippen LogP contribution in [0.4, 0.5) is 0 Å². The molecule has 0 radical (unpaired) electrons. The van der Waals surface area contributed by atoms with Crippen LogP contribution in [0, 0.1) is 0 Å². The molecule has 0 bridgehead atoms. The summed E-state index contributed by atoms with van der Waals surface area (Å²) in [6.45, 7) is 5.89. The van der Waals surface area contributed by atoms with E-state index in [9.17, 15) is 0 Å². The molecule has 0 amide bonds. The Morgan fingerprint density at radius 1 is 1.26 bits per heavy atom. The summed E-state index contributed by atoms with van der Waals surface area (Å²) in [6.07, 6.45) is 1.67. The zero-order chi connectivity index (χ0) is 13.3. The van der Waals surface area contributed by atoms with Crippen molar-refractivity contribution in [3.8, 4) is 11.6 Å². The van der Waals surface area contributed by atoms with E-state index in [1.165, 1.54) is 0 Å². The fourth-order valence-corrected chi connectivity index (χ4v) is 1.96. The van der Waals surface area contributed by atoms with Gasteiger partial charge in [-0.3, -0.25) is 4.90 Å². The third-order valence-corrected chi connectivity index (χ3v) is 2.94. The Kier molecular flexibility index (Phi) is 5.87. The highest BCUT2D eigenvalue weighted by molar-refractivity contribution is 5.32. The Morgan fingerprint density at radius 3 is 2.89 bits per heavy atom. The Balaban J connectivity index is 1.77. The van der Waals surface area contributed by atoms with Crippen LogP contribution in [0.5, 0.6) is 11.6 Å². The molecule has 0 saturated carbocycles. The first kappa shape index (κ1) is 14.0. The molecule has 2 rings (SSSR count). The normalized spacial score (nSPS) is 16.3. The average Bonchev–Trinajstić information content (AvgIpc) is 2.47. The van der Waals surface area contributed by atoms with Crippen molar-refractivity contribution in [3.63, 3.8) is 0 Å². The Labute approximate surface area is 113 Å². The van der Waals surface area contributed by atoms with E-state index in [0.717, 1.165) is 32.7 Å². The average molecular weight is 267 g/mol. The highest BCUT2D eigenvalue weighted by Crippen LogP contribution is 2.23. The van der Waals surface area contributed by atoms with Gasteiger partial charge in [-0.05, 0) is 12.1 Å². The number of aliphatic hydroxyl groups is 1. The summed E-state index contributed by atoms with van der Waals surface area (Å²) in [7, 11) is 0. The van der Waals surface area contributed by atoms with Crippen LogP contribution in [-0.2, 0) is 0 Å². The summed E-state index contributed by atoms with van der Waals surface area (Å²) in [6, 6.07) is 3.58. The van der Waals surface area contributed by atoms with Crippen molar-refractivity contribution in [2.24, 2.45) is 0 Å². The topological polar surface area (TPSA) is 66.8 Å². The number of rotatable bonds is 7. The number of ether oxygens (including phenoxy) is 2. The van der Waals surface area contributed by atoms with Gasteiger partial charge in [0.25, 0.3) is 5.88 Å². The molecule has 1 aliphatic heterocycles. The van der Waals surface area contributed by atoms with E-state index in [0.29, 0.717) is 18.2 Å². The summed E-state index contributed by atoms with van der Waals surface area (Å²) >= 11 is 0. The molecule has 2 N–H and O–H groups in total. The summed E-state index contributed by atoms with van der Waals surface area (Å²) in [4.78, 5) is 6.51. The fraction of sp³-hybridized carbons (Fsp3) is 0.615. The van der Waals surface area contributed by atoms with Crippen LogP contribution in [0.15, 0.2) is 18.3 Å². The zero-order valence-corrected chi connectivity index (χ0v) is 11.0. The second-order valence-corrected chi connectivity index (χ2v) is 4.32. The minimum atomic E-state index is -0.0187. The van der Waals surface area contributed by atoms with Crippen LogP contribution >= 0.6 is 0 Å². The van der Waals surface area contributed by atoms with E-state index in [1.54, 1.807) is 18.3 Å². The first-order valence-corrected chi connectivity index (χ1v) is 6.64. The molecule has 1 aliphatic rings. The number of aliphatic hydroxyl groups excluding tert-OH is 1. The van der Waals surface area contributed by atoms with Gasteiger partial charge in [0.1, 0.15) is 13.2 Å². The molecule has 1 fully saturated rings. The molecule has 19 heavy (non-hydrogen) atoms. The van der Waals surface area contributed by atoms with Gasteiger partial charge in [-0.2, -0.15) is 0 Å². The van der Waals surface area contributed by atoms with Crippen molar-refractivity contribution in [1.29, 1.82) is 0 Å². The van der Waals surface area contributed by atoms with Gasteiger partial charge in [0.2, 0.25) is 0 Å². The lowest BCUT2D eigenvalue weighted by Gasteiger charge is -2.26. The van der Waals surface area contributed by atoms with Crippen LogP contribution < -0.4 is 14.8 Å². The maximum absolute atomic E-state index is 8.77. The van der Waals surface area contributed by atoms with E-state index in [-0.39, 0.29) is 13.2 Å². The number of aromatic nitrogens is 1. The summed E-state index contributed by atoms with van der Waals surface area (Å²) in [5.74, 6) is 1.07. The van der Waals surface area contributed by atoms with Crippen molar-refractivity contribution in [3.05, 3.63) is 18.3 Å². The zero-order valence-electron chi connectivity index (χ0n) is 11.0. The highest BCUT2D eigenvalue weighted by Gasteiger charge is 2.10. The third kappa shape index (κ3) is 4.66. The molecule has 0 atom stereocenters. The molecule has 1 aromatic rings. The number of hydrogen-bond donors (Lipinski definition) is 2. The fourth-order valence-electron chi connectivity index (χ4n) is 1.96. The van der Waals surface area contributed by atoms with Crippen molar-refractivity contribution in [1.82, 2.24) is 15.2 Å². The minimum Gasteiger partial charge on any atom is -0.486 e. The third-order valence-electron chi connectivity index (χ3n) is 2.94. The van der Waals surface area contributed by atoms with Crippen molar-refractivity contribution < 1.29 is 14.6 Å². The molecule has 1 aromatic heterocycles. The number of pyridine rings is 1. The second kappa shape index (κ2) is 7.93. The first-order valence-electron chi connectivity index (χ1n) is 6.64. The van der Waals surface area contributed by atoms with Gasteiger partial charge >= 0.3 is 0 Å². The van der Waals surface area contributed by atoms with Crippen LogP contribution in [0.1, 0.15) is 0 Å². The van der Waals surface area contributed by atoms with E-state index in [1.807, 2.05) is 0 Å². The lowest BCUT2D eigenvalue weighted by atomic mass is 10.3. The molecule has 6 heteroatoms. The Hall–Kier alpha value is -1.37. The van der Waals surface area contributed by atoms with E-state index in [4.69, 9.17) is 14.6 Å². The van der Waals surface area contributed by atoms with Gasteiger partial charge in [0.05, 0.1) is 6.61 Å². The monoisotopic (exact) mass is 267 g/mol. The largest absolute Gasteiger partial charge is 0.486 e. The molecule has 2 heterocycles. The van der Waals surface area contributed by atoms with E-state index >= 15 is 0 Å². The van der Waals surface area contributed by atoms with Crippen LogP contribution in [0.3, 0.4) is 0 Å². The van der Waals surface area contributed by atoms with Crippen LogP contribution in [0.25, 0.3) is 0 Å². The van der Waals surface area contributed by atoms with Crippen LogP contribution in [0.2, 0.25) is 0 Å². The van der Waals surface area contributed by atoms with Crippen LogP contribution in [-0.4, -0.2) is 67.5 Å². The molecule has 106 valence electrons. The Morgan fingerprint density at radius 2 is 2.11 bits per heavy atom. The van der Waals surface area contributed by atoms with Gasteiger partial charge in [-0.15, -0.1) is 0 Å². The van der Waals surface area contributed by atoms with Crippen molar-refractivity contribution >= 4 is 0 Å². The molecule has 0 aliphatic carbocycles.